The molecule has 0 spiro atoms. The minimum atomic E-state index is 0.887. The summed E-state index contributed by atoms with van der Waals surface area (Å²) in [6.07, 6.45) is 6.67. The van der Waals surface area contributed by atoms with Crippen LogP contribution in [-0.4, -0.2) is 26.3 Å². The summed E-state index contributed by atoms with van der Waals surface area (Å²) in [6.45, 7) is 8.78. The first-order chi connectivity index (χ1) is 7.36. The normalized spacial score (nSPS) is 20.4. The Morgan fingerprint density at radius 1 is 1.27 bits per heavy atom. The zero-order valence-corrected chi connectivity index (χ0v) is 10.4. The minimum absolute atomic E-state index is 0.887. The van der Waals surface area contributed by atoms with E-state index in [2.05, 4.69) is 19.2 Å². The van der Waals surface area contributed by atoms with E-state index in [0.29, 0.717) is 0 Å². The Morgan fingerprint density at radius 3 is 2.60 bits per heavy atom. The van der Waals surface area contributed by atoms with Crippen molar-refractivity contribution in [2.24, 2.45) is 11.8 Å². The molecule has 1 saturated heterocycles. The van der Waals surface area contributed by atoms with Gasteiger partial charge >= 0.3 is 0 Å². The number of rotatable bonds is 7. The lowest BCUT2D eigenvalue weighted by molar-refractivity contribution is 0.0580. The molecule has 1 unspecified atom stereocenters. The van der Waals surface area contributed by atoms with Crippen LogP contribution in [0.15, 0.2) is 0 Å². The fourth-order valence-corrected chi connectivity index (χ4v) is 2.51. The average molecular weight is 213 g/mol. The van der Waals surface area contributed by atoms with E-state index in [1.54, 1.807) is 0 Å². The topological polar surface area (TPSA) is 21.3 Å². The molecule has 0 bridgehead atoms. The summed E-state index contributed by atoms with van der Waals surface area (Å²) in [5, 5.41) is 3.49. The highest BCUT2D eigenvalue weighted by Crippen LogP contribution is 2.25. The van der Waals surface area contributed by atoms with Crippen molar-refractivity contribution in [2.75, 3.05) is 26.3 Å². The van der Waals surface area contributed by atoms with Gasteiger partial charge in [0.1, 0.15) is 0 Å². The number of hydrogen-bond acceptors (Lipinski definition) is 2. The molecule has 0 aromatic carbocycles. The Bertz CT molecular complexity index is 143. The highest BCUT2D eigenvalue weighted by atomic mass is 16.5. The Hall–Kier alpha value is -0.0800. The molecular weight excluding hydrogens is 186 g/mol. The van der Waals surface area contributed by atoms with Gasteiger partial charge in [-0.15, -0.1) is 0 Å². The molecule has 15 heavy (non-hydrogen) atoms. The molecule has 1 N–H and O–H groups in total. The lowest BCUT2D eigenvalue weighted by Crippen LogP contribution is -2.26. The quantitative estimate of drug-likeness (QED) is 0.702. The van der Waals surface area contributed by atoms with Crippen LogP contribution >= 0.6 is 0 Å². The second-order valence-corrected chi connectivity index (χ2v) is 4.75. The average Bonchev–Trinajstić information content (AvgIpc) is 2.28. The zero-order chi connectivity index (χ0) is 10.9. The van der Waals surface area contributed by atoms with E-state index < -0.39 is 0 Å². The fraction of sp³-hybridized carbons (Fsp3) is 1.00. The first kappa shape index (κ1) is 13.0. The number of nitrogens with one attached hydrogen (secondary N) is 1. The summed E-state index contributed by atoms with van der Waals surface area (Å²) in [6, 6.07) is 0. The van der Waals surface area contributed by atoms with E-state index in [1.807, 2.05) is 0 Å². The lowest BCUT2D eigenvalue weighted by Gasteiger charge is -2.26. The van der Waals surface area contributed by atoms with Gasteiger partial charge in [-0.25, -0.2) is 0 Å². The van der Waals surface area contributed by atoms with Crippen molar-refractivity contribution in [2.45, 2.75) is 46.0 Å². The van der Waals surface area contributed by atoms with Crippen molar-refractivity contribution in [1.82, 2.24) is 5.32 Å². The molecular formula is C13H27NO. The smallest absolute Gasteiger partial charge is 0.0468 e. The summed E-state index contributed by atoms with van der Waals surface area (Å²) in [7, 11) is 0. The van der Waals surface area contributed by atoms with Gasteiger partial charge in [0.05, 0.1) is 0 Å². The third-order valence-corrected chi connectivity index (χ3v) is 3.39. The van der Waals surface area contributed by atoms with E-state index in [4.69, 9.17) is 4.74 Å². The Balaban J connectivity index is 2.21. The minimum Gasteiger partial charge on any atom is -0.381 e. The van der Waals surface area contributed by atoms with E-state index in [9.17, 15) is 0 Å². The van der Waals surface area contributed by atoms with Gasteiger partial charge in [0, 0.05) is 13.2 Å². The van der Waals surface area contributed by atoms with Gasteiger partial charge in [-0.1, -0.05) is 20.3 Å². The van der Waals surface area contributed by atoms with Crippen molar-refractivity contribution >= 4 is 0 Å². The molecule has 2 nitrogen and oxygen atoms in total. The second-order valence-electron chi connectivity index (χ2n) is 4.75. The van der Waals surface area contributed by atoms with Gasteiger partial charge < -0.3 is 10.1 Å². The molecule has 1 aliphatic rings. The van der Waals surface area contributed by atoms with Crippen molar-refractivity contribution in [3.05, 3.63) is 0 Å². The van der Waals surface area contributed by atoms with Gasteiger partial charge in [0.2, 0.25) is 0 Å². The molecule has 1 heterocycles. The van der Waals surface area contributed by atoms with E-state index >= 15 is 0 Å². The van der Waals surface area contributed by atoms with Crippen LogP contribution in [0.4, 0.5) is 0 Å². The third-order valence-electron chi connectivity index (χ3n) is 3.39. The Labute approximate surface area is 94.8 Å². The molecule has 1 atom stereocenters. The highest BCUT2D eigenvalue weighted by molar-refractivity contribution is 4.70. The largest absolute Gasteiger partial charge is 0.381 e. The summed E-state index contributed by atoms with van der Waals surface area (Å²) in [4.78, 5) is 0. The van der Waals surface area contributed by atoms with Gasteiger partial charge in [-0.05, 0) is 50.6 Å². The van der Waals surface area contributed by atoms with Crippen molar-refractivity contribution in [3.8, 4) is 0 Å². The predicted molar refractivity (Wildman–Crippen MR) is 65.1 cm³/mol. The molecule has 0 aromatic rings. The van der Waals surface area contributed by atoms with Crippen molar-refractivity contribution in [3.63, 3.8) is 0 Å². The Morgan fingerprint density at radius 2 is 2.00 bits per heavy atom. The van der Waals surface area contributed by atoms with Crippen LogP contribution < -0.4 is 5.32 Å². The molecule has 1 aliphatic heterocycles. The molecule has 2 heteroatoms. The van der Waals surface area contributed by atoms with Crippen LogP contribution in [0.5, 0.6) is 0 Å². The number of hydrogen-bond donors (Lipinski definition) is 1. The van der Waals surface area contributed by atoms with Gasteiger partial charge in [-0.2, -0.15) is 0 Å². The molecule has 1 fully saturated rings. The van der Waals surface area contributed by atoms with Crippen LogP contribution in [0.2, 0.25) is 0 Å². The maximum absolute atomic E-state index is 5.41. The van der Waals surface area contributed by atoms with Gasteiger partial charge in [-0.3, -0.25) is 0 Å². The SMILES string of the molecule is CCCC(CNCC)CC1CCOCC1. The van der Waals surface area contributed by atoms with Crippen molar-refractivity contribution < 1.29 is 4.74 Å². The Kier molecular flexibility index (Phi) is 7.03. The van der Waals surface area contributed by atoms with E-state index in [1.165, 1.54) is 38.6 Å². The van der Waals surface area contributed by atoms with Crippen LogP contribution in [0.25, 0.3) is 0 Å². The summed E-state index contributed by atoms with van der Waals surface area (Å²) >= 11 is 0. The number of ether oxygens (including phenoxy) is 1. The van der Waals surface area contributed by atoms with Crippen LogP contribution in [0.1, 0.15) is 46.0 Å². The summed E-state index contributed by atoms with van der Waals surface area (Å²) in [5.41, 5.74) is 0. The third kappa shape index (κ3) is 5.53. The molecule has 90 valence electrons. The fourth-order valence-electron chi connectivity index (χ4n) is 2.51. The zero-order valence-electron chi connectivity index (χ0n) is 10.4. The molecule has 0 radical (unpaired) electrons. The highest BCUT2D eigenvalue weighted by Gasteiger charge is 2.18. The van der Waals surface area contributed by atoms with Gasteiger partial charge in [0.15, 0.2) is 0 Å². The van der Waals surface area contributed by atoms with E-state index in [-0.39, 0.29) is 0 Å². The molecule has 0 saturated carbocycles. The molecule has 1 rings (SSSR count). The maximum Gasteiger partial charge on any atom is 0.0468 e. The summed E-state index contributed by atoms with van der Waals surface area (Å²) < 4.78 is 5.41. The van der Waals surface area contributed by atoms with E-state index in [0.717, 1.165) is 31.6 Å². The van der Waals surface area contributed by atoms with Crippen LogP contribution in [0.3, 0.4) is 0 Å². The van der Waals surface area contributed by atoms with Gasteiger partial charge in [0.25, 0.3) is 0 Å². The monoisotopic (exact) mass is 213 g/mol. The molecule has 0 amide bonds. The lowest BCUT2D eigenvalue weighted by atomic mass is 9.86. The van der Waals surface area contributed by atoms with Crippen LogP contribution in [-0.2, 0) is 4.74 Å². The maximum atomic E-state index is 5.41. The first-order valence-electron chi connectivity index (χ1n) is 6.65. The summed E-state index contributed by atoms with van der Waals surface area (Å²) in [5.74, 6) is 1.81. The predicted octanol–water partition coefficient (Wildman–Crippen LogP) is 2.83. The molecule has 0 aliphatic carbocycles. The first-order valence-corrected chi connectivity index (χ1v) is 6.65. The van der Waals surface area contributed by atoms with Crippen LogP contribution in [0, 0.1) is 11.8 Å². The standard InChI is InChI=1S/C13H27NO/c1-3-5-13(11-14-4-2)10-12-6-8-15-9-7-12/h12-14H,3-11H2,1-2H3. The van der Waals surface area contributed by atoms with Crippen molar-refractivity contribution in [1.29, 1.82) is 0 Å². The molecule has 0 aromatic heterocycles. The second kappa shape index (κ2) is 8.12.